The van der Waals surface area contributed by atoms with E-state index in [0.717, 1.165) is 77.0 Å². The maximum absolute atomic E-state index is 12.0. The van der Waals surface area contributed by atoms with Crippen LogP contribution in [0.25, 0.3) is 0 Å². The van der Waals surface area contributed by atoms with E-state index in [1.54, 1.807) is 18.2 Å². The zero-order valence-corrected chi connectivity index (χ0v) is 20.5. The van der Waals surface area contributed by atoms with Crippen molar-refractivity contribution in [3.63, 3.8) is 0 Å². The molecule has 2 atom stereocenters. The quantitative estimate of drug-likeness (QED) is 0.0979. The maximum atomic E-state index is 12.0. The molecular formula is C22H47N7O2S. The summed E-state index contributed by atoms with van der Waals surface area (Å²) in [5.41, 5.74) is 17.2. The highest BCUT2D eigenvalue weighted by Crippen LogP contribution is 2.03. The number of amides is 2. The largest absolute Gasteiger partial charge is 0.355 e. The minimum atomic E-state index is -0.511. The second-order valence-electron chi connectivity index (χ2n) is 7.82. The Morgan fingerprint density at radius 2 is 1.31 bits per heavy atom. The number of carbonyl (C=O) groups is 2. The van der Waals surface area contributed by atoms with Gasteiger partial charge in [0.1, 0.15) is 0 Å². The molecule has 0 heterocycles. The Labute approximate surface area is 199 Å². The molecule has 0 saturated heterocycles. The molecule has 0 aliphatic heterocycles. The lowest BCUT2D eigenvalue weighted by molar-refractivity contribution is -0.123. The van der Waals surface area contributed by atoms with E-state index in [9.17, 15) is 9.59 Å². The summed E-state index contributed by atoms with van der Waals surface area (Å²) in [6.45, 7) is 9.43. The zero-order chi connectivity index (χ0) is 23.9. The van der Waals surface area contributed by atoms with Crippen molar-refractivity contribution < 1.29 is 9.59 Å². The van der Waals surface area contributed by atoms with Gasteiger partial charge in [0.2, 0.25) is 11.8 Å². The number of nitrogens with two attached hydrogens (primary N) is 3. The molecule has 0 aromatic heterocycles. The molecule has 10 N–H and O–H groups in total. The van der Waals surface area contributed by atoms with Crippen LogP contribution in [0.15, 0.2) is 0 Å². The van der Waals surface area contributed by atoms with Crippen LogP contribution in [0.5, 0.6) is 0 Å². The van der Waals surface area contributed by atoms with Crippen LogP contribution in [-0.2, 0) is 9.59 Å². The molecule has 0 aliphatic rings. The SMILES string of the molecule is [CH2][CH]CSC[C@H](N)C(=O)NCCCC[C@H](N)C(=O)NCCCNCCCCNCCCN. The Hall–Kier alpha value is -0.910. The van der Waals surface area contributed by atoms with Crippen molar-refractivity contribution in [3.8, 4) is 0 Å². The Balaban J connectivity index is 3.50. The molecule has 0 aromatic carbocycles. The van der Waals surface area contributed by atoms with E-state index in [2.05, 4.69) is 28.2 Å². The van der Waals surface area contributed by atoms with E-state index >= 15 is 0 Å². The second-order valence-corrected chi connectivity index (χ2v) is 8.89. The normalized spacial score (nSPS) is 13.0. The van der Waals surface area contributed by atoms with Crippen molar-refractivity contribution in [1.29, 1.82) is 0 Å². The van der Waals surface area contributed by atoms with Gasteiger partial charge in [-0.25, -0.2) is 0 Å². The monoisotopic (exact) mass is 473 g/mol. The number of thioether (sulfide) groups is 1. The highest BCUT2D eigenvalue weighted by molar-refractivity contribution is 7.99. The van der Waals surface area contributed by atoms with Gasteiger partial charge in [0, 0.05) is 18.8 Å². The van der Waals surface area contributed by atoms with Crippen molar-refractivity contribution in [2.45, 2.75) is 57.0 Å². The van der Waals surface area contributed by atoms with E-state index in [0.29, 0.717) is 25.3 Å². The molecule has 2 radical (unpaired) electrons. The van der Waals surface area contributed by atoms with Crippen molar-refractivity contribution in [3.05, 3.63) is 13.3 Å². The lowest BCUT2D eigenvalue weighted by Gasteiger charge is -2.14. The van der Waals surface area contributed by atoms with E-state index in [1.807, 2.05) is 0 Å². The minimum Gasteiger partial charge on any atom is -0.355 e. The molecule has 0 fully saturated rings. The van der Waals surface area contributed by atoms with Crippen LogP contribution in [0.2, 0.25) is 0 Å². The molecule has 9 nitrogen and oxygen atoms in total. The van der Waals surface area contributed by atoms with Gasteiger partial charge in [-0.2, -0.15) is 11.8 Å². The third-order valence-corrected chi connectivity index (χ3v) is 5.86. The predicted molar refractivity (Wildman–Crippen MR) is 136 cm³/mol. The minimum absolute atomic E-state index is 0.112. The van der Waals surface area contributed by atoms with E-state index in [4.69, 9.17) is 17.2 Å². The average Bonchev–Trinajstić information content (AvgIpc) is 2.79. The topological polar surface area (TPSA) is 160 Å². The van der Waals surface area contributed by atoms with Crippen LogP contribution in [0.1, 0.15) is 44.9 Å². The first-order chi connectivity index (χ1) is 15.5. The highest BCUT2D eigenvalue weighted by Gasteiger charge is 2.14. The van der Waals surface area contributed by atoms with Crippen LogP contribution >= 0.6 is 11.8 Å². The molecule has 188 valence electrons. The molecule has 0 bridgehead atoms. The number of hydrogen-bond acceptors (Lipinski definition) is 8. The first kappa shape index (κ1) is 31.1. The van der Waals surface area contributed by atoms with Gasteiger partial charge >= 0.3 is 0 Å². The van der Waals surface area contributed by atoms with Crippen molar-refractivity contribution in [2.75, 3.05) is 57.3 Å². The Bertz CT molecular complexity index is 458. The van der Waals surface area contributed by atoms with Gasteiger partial charge in [0.15, 0.2) is 0 Å². The Kier molecular flexibility index (Phi) is 22.6. The summed E-state index contributed by atoms with van der Waals surface area (Å²) in [7, 11) is 0. The number of rotatable bonds is 23. The van der Waals surface area contributed by atoms with Crippen LogP contribution in [0.3, 0.4) is 0 Å². The van der Waals surface area contributed by atoms with Crippen molar-refractivity contribution in [2.24, 2.45) is 17.2 Å². The molecule has 0 rings (SSSR count). The van der Waals surface area contributed by atoms with Crippen LogP contribution in [0, 0.1) is 13.3 Å². The van der Waals surface area contributed by atoms with Gasteiger partial charge < -0.3 is 38.5 Å². The molecule has 0 unspecified atom stereocenters. The summed E-state index contributed by atoms with van der Waals surface area (Å²) in [6, 6.07) is -1.02. The van der Waals surface area contributed by atoms with Gasteiger partial charge in [0.05, 0.1) is 12.1 Å². The number of hydrogen-bond donors (Lipinski definition) is 7. The van der Waals surface area contributed by atoms with E-state index in [1.165, 1.54) is 0 Å². The van der Waals surface area contributed by atoms with Crippen LogP contribution in [0.4, 0.5) is 0 Å². The van der Waals surface area contributed by atoms with Gasteiger partial charge in [0.25, 0.3) is 0 Å². The van der Waals surface area contributed by atoms with Crippen LogP contribution < -0.4 is 38.5 Å². The second kappa shape index (κ2) is 23.3. The summed E-state index contributed by atoms with van der Waals surface area (Å²) in [6.07, 6.45) is 8.12. The summed E-state index contributed by atoms with van der Waals surface area (Å²) in [5, 5.41) is 12.5. The van der Waals surface area contributed by atoms with Crippen LogP contribution in [-0.4, -0.2) is 81.2 Å². The average molecular weight is 474 g/mol. The summed E-state index contributed by atoms with van der Waals surface area (Å²) in [5.74, 6) is 1.10. The Morgan fingerprint density at radius 1 is 0.781 bits per heavy atom. The summed E-state index contributed by atoms with van der Waals surface area (Å²) in [4.78, 5) is 23.9. The third-order valence-electron chi connectivity index (χ3n) is 4.79. The summed E-state index contributed by atoms with van der Waals surface area (Å²) < 4.78 is 0. The zero-order valence-electron chi connectivity index (χ0n) is 19.7. The standard InChI is InChI=1S/C22H47N7O2S/c1-2-17-32-18-20(25)22(31)28-15-4-3-9-19(24)21(30)29-16-8-14-27-12-6-5-11-26-13-7-10-23/h2,19-20,26-27H,1,3-18,23-25H2,(H,28,31)(H,29,30)/t19-,20-/m0/s1. The van der Waals surface area contributed by atoms with Gasteiger partial charge in [-0.1, -0.05) is 0 Å². The fourth-order valence-corrected chi connectivity index (χ4v) is 3.56. The smallest absolute Gasteiger partial charge is 0.237 e. The molecule has 32 heavy (non-hydrogen) atoms. The fourth-order valence-electron chi connectivity index (χ4n) is 2.85. The number of unbranched alkanes of at least 4 members (excludes halogenated alkanes) is 2. The molecular weight excluding hydrogens is 426 g/mol. The van der Waals surface area contributed by atoms with Gasteiger partial charge in [-0.05, 0) is 96.8 Å². The number of carbonyl (C=O) groups excluding carboxylic acids is 2. The molecule has 10 heteroatoms. The lowest BCUT2D eigenvalue weighted by Crippen LogP contribution is -2.43. The summed E-state index contributed by atoms with van der Waals surface area (Å²) >= 11 is 1.58. The fraction of sp³-hybridized carbons (Fsp3) is 0.818. The molecule has 0 spiro atoms. The molecule has 0 aliphatic carbocycles. The third kappa shape index (κ3) is 19.8. The van der Waals surface area contributed by atoms with Gasteiger partial charge in [-0.15, -0.1) is 0 Å². The molecule has 0 saturated carbocycles. The van der Waals surface area contributed by atoms with Crippen molar-refractivity contribution in [1.82, 2.24) is 21.3 Å². The first-order valence-corrected chi connectivity index (χ1v) is 13.0. The predicted octanol–water partition coefficient (Wildman–Crippen LogP) is -0.486. The first-order valence-electron chi connectivity index (χ1n) is 11.9. The van der Waals surface area contributed by atoms with E-state index in [-0.39, 0.29) is 11.8 Å². The van der Waals surface area contributed by atoms with Crippen molar-refractivity contribution >= 4 is 23.6 Å². The molecule has 0 aromatic rings. The lowest BCUT2D eigenvalue weighted by atomic mass is 10.1. The Morgan fingerprint density at radius 3 is 1.94 bits per heavy atom. The molecule has 2 amide bonds. The maximum Gasteiger partial charge on any atom is 0.237 e. The van der Waals surface area contributed by atoms with Gasteiger partial charge in [-0.3, -0.25) is 9.59 Å². The highest BCUT2D eigenvalue weighted by atomic mass is 32.2. The number of nitrogens with one attached hydrogen (secondary N) is 4. The van der Waals surface area contributed by atoms with E-state index < -0.39 is 12.1 Å².